The molecule has 4 rings (SSSR count). The molecule has 0 radical (unpaired) electrons. The molecule has 0 atom stereocenters. The summed E-state index contributed by atoms with van der Waals surface area (Å²) < 4.78 is 40.6. The van der Waals surface area contributed by atoms with Gasteiger partial charge in [0, 0.05) is 56.1 Å². The van der Waals surface area contributed by atoms with Crippen LogP contribution in [0.25, 0.3) is 10.8 Å². The highest BCUT2D eigenvalue weighted by atomic mass is 19.4. The van der Waals surface area contributed by atoms with Crippen molar-refractivity contribution >= 4 is 22.4 Å². The number of anilines is 1. The summed E-state index contributed by atoms with van der Waals surface area (Å²) >= 11 is 0. The molecular weight excluding hydrogens is 467 g/mol. The lowest BCUT2D eigenvalue weighted by atomic mass is 9.97. The molecule has 194 valence electrons. The molecular formula is C28H34F3N3O2. The van der Waals surface area contributed by atoms with E-state index in [2.05, 4.69) is 4.90 Å². The summed E-state index contributed by atoms with van der Waals surface area (Å²) in [5.74, 6) is 0.0608. The van der Waals surface area contributed by atoms with Gasteiger partial charge in [0.25, 0.3) is 0 Å². The van der Waals surface area contributed by atoms with E-state index in [0.717, 1.165) is 61.3 Å². The van der Waals surface area contributed by atoms with Crippen molar-refractivity contribution < 1.29 is 23.1 Å². The molecule has 1 aromatic heterocycles. The number of piperazine rings is 1. The largest absolute Gasteiger partial charge is 0.416 e. The molecule has 5 nitrogen and oxygen atoms in total. The topological polar surface area (TPSA) is 48.7 Å². The van der Waals surface area contributed by atoms with Crippen molar-refractivity contribution in [3.05, 3.63) is 66.0 Å². The van der Waals surface area contributed by atoms with Gasteiger partial charge in [0.15, 0.2) is 0 Å². The predicted molar refractivity (Wildman–Crippen MR) is 136 cm³/mol. The molecule has 0 saturated carbocycles. The first-order chi connectivity index (χ1) is 17.0. The van der Waals surface area contributed by atoms with E-state index in [1.165, 1.54) is 12.1 Å². The van der Waals surface area contributed by atoms with Gasteiger partial charge in [-0.25, -0.2) is 0 Å². The lowest BCUT2D eigenvalue weighted by Gasteiger charge is -2.36. The number of carbonyl (C=O) groups is 1. The molecule has 0 aliphatic carbocycles. The maximum Gasteiger partial charge on any atom is 0.416 e. The van der Waals surface area contributed by atoms with Gasteiger partial charge in [0.1, 0.15) is 0 Å². The van der Waals surface area contributed by atoms with Crippen LogP contribution in [0.2, 0.25) is 0 Å². The van der Waals surface area contributed by atoms with Gasteiger partial charge in [-0.1, -0.05) is 24.6 Å². The number of aromatic nitrogens is 1. The van der Waals surface area contributed by atoms with E-state index in [1.807, 2.05) is 35.5 Å². The third-order valence-corrected chi connectivity index (χ3v) is 6.91. The Kier molecular flexibility index (Phi) is 7.76. The SMILES string of the molecule is CC(C)(O)c1ccc2cn(C(=O)CCCCCN3CCN(c4cccc(C(F)(F)F)c4)CC3)cc2c1. The van der Waals surface area contributed by atoms with Crippen molar-refractivity contribution in [2.24, 2.45) is 0 Å². The number of fused-ring (bicyclic) bond motifs is 1. The number of hydrogen-bond acceptors (Lipinski definition) is 4. The molecule has 0 spiro atoms. The Morgan fingerprint density at radius 3 is 2.31 bits per heavy atom. The molecule has 1 N–H and O–H groups in total. The number of aliphatic hydroxyl groups is 1. The number of alkyl halides is 3. The van der Waals surface area contributed by atoms with Crippen molar-refractivity contribution in [2.45, 2.75) is 51.3 Å². The molecule has 8 heteroatoms. The van der Waals surface area contributed by atoms with E-state index < -0.39 is 17.3 Å². The average Bonchev–Trinajstić information content (AvgIpc) is 3.27. The minimum absolute atomic E-state index is 0.0608. The van der Waals surface area contributed by atoms with Gasteiger partial charge in [0.05, 0.1) is 11.2 Å². The number of nitrogens with zero attached hydrogens (tertiary/aromatic N) is 3. The Morgan fingerprint density at radius 2 is 1.61 bits per heavy atom. The molecule has 1 aliphatic rings. The van der Waals surface area contributed by atoms with Gasteiger partial charge in [-0.2, -0.15) is 13.2 Å². The maximum atomic E-state index is 13.0. The number of halogens is 3. The molecule has 3 aromatic rings. The zero-order valence-electron chi connectivity index (χ0n) is 20.9. The van der Waals surface area contributed by atoms with Crippen molar-refractivity contribution in [3.8, 4) is 0 Å². The van der Waals surface area contributed by atoms with Gasteiger partial charge in [0.2, 0.25) is 5.91 Å². The summed E-state index contributed by atoms with van der Waals surface area (Å²) in [6.07, 6.45) is 2.57. The summed E-state index contributed by atoms with van der Waals surface area (Å²) in [4.78, 5) is 17.0. The molecule has 1 fully saturated rings. The summed E-state index contributed by atoms with van der Waals surface area (Å²) in [6.45, 7) is 7.46. The van der Waals surface area contributed by atoms with Crippen molar-refractivity contribution in [1.29, 1.82) is 0 Å². The average molecular weight is 502 g/mol. The number of hydrogen-bond donors (Lipinski definition) is 1. The van der Waals surface area contributed by atoms with Crippen LogP contribution in [0.5, 0.6) is 0 Å². The second-order valence-electron chi connectivity index (χ2n) is 10.1. The lowest BCUT2D eigenvalue weighted by Crippen LogP contribution is -2.46. The van der Waals surface area contributed by atoms with Crippen LogP contribution >= 0.6 is 0 Å². The minimum Gasteiger partial charge on any atom is -0.386 e. The van der Waals surface area contributed by atoms with E-state index >= 15 is 0 Å². The van der Waals surface area contributed by atoms with Gasteiger partial charge >= 0.3 is 6.18 Å². The first-order valence-electron chi connectivity index (χ1n) is 12.5. The summed E-state index contributed by atoms with van der Waals surface area (Å²) in [7, 11) is 0. The van der Waals surface area contributed by atoms with Gasteiger partial charge in [-0.15, -0.1) is 0 Å². The second-order valence-corrected chi connectivity index (χ2v) is 10.1. The Balaban J connectivity index is 1.18. The van der Waals surface area contributed by atoms with Crippen LogP contribution in [0.15, 0.2) is 54.9 Å². The molecule has 0 bridgehead atoms. The van der Waals surface area contributed by atoms with Crippen LogP contribution in [-0.2, 0) is 11.8 Å². The summed E-state index contributed by atoms with van der Waals surface area (Å²) in [6, 6.07) is 11.3. The molecule has 2 aromatic carbocycles. The smallest absolute Gasteiger partial charge is 0.386 e. The summed E-state index contributed by atoms with van der Waals surface area (Å²) in [5.41, 5.74) is -0.0952. The third-order valence-electron chi connectivity index (χ3n) is 6.91. The molecule has 1 saturated heterocycles. The fourth-order valence-corrected chi connectivity index (χ4v) is 4.69. The highest BCUT2D eigenvalue weighted by Crippen LogP contribution is 2.32. The van der Waals surface area contributed by atoms with E-state index in [0.29, 0.717) is 25.2 Å². The normalized spacial score (nSPS) is 15.6. The van der Waals surface area contributed by atoms with Crippen LogP contribution in [0.4, 0.5) is 18.9 Å². The van der Waals surface area contributed by atoms with Crippen molar-refractivity contribution in [2.75, 3.05) is 37.6 Å². The highest BCUT2D eigenvalue weighted by Gasteiger charge is 2.31. The van der Waals surface area contributed by atoms with Gasteiger partial charge < -0.3 is 10.0 Å². The van der Waals surface area contributed by atoms with Crippen LogP contribution in [0.1, 0.15) is 55.5 Å². The van der Waals surface area contributed by atoms with Gasteiger partial charge in [-0.3, -0.25) is 14.3 Å². The Morgan fingerprint density at radius 1 is 0.889 bits per heavy atom. The van der Waals surface area contributed by atoms with Crippen LogP contribution < -0.4 is 4.90 Å². The zero-order valence-corrected chi connectivity index (χ0v) is 20.9. The van der Waals surface area contributed by atoms with E-state index in [4.69, 9.17) is 0 Å². The fraction of sp³-hybridized carbons (Fsp3) is 0.464. The Hall–Kier alpha value is -2.84. The number of carbonyl (C=O) groups excluding carboxylic acids is 1. The first kappa shape index (κ1) is 26.2. The minimum atomic E-state index is -4.32. The second kappa shape index (κ2) is 10.6. The number of benzene rings is 2. The lowest BCUT2D eigenvalue weighted by molar-refractivity contribution is -0.137. The van der Waals surface area contributed by atoms with Crippen molar-refractivity contribution in [1.82, 2.24) is 9.47 Å². The molecule has 36 heavy (non-hydrogen) atoms. The van der Waals surface area contributed by atoms with Crippen molar-refractivity contribution in [3.63, 3.8) is 0 Å². The Labute approximate surface area is 210 Å². The molecule has 1 aliphatic heterocycles. The zero-order chi connectivity index (χ0) is 25.9. The highest BCUT2D eigenvalue weighted by molar-refractivity contribution is 5.89. The molecule has 0 amide bonds. The standard InChI is InChI=1S/C28H34F3N3O2/c1-27(2,36)23-11-10-21-19-34(20-22(21)17-23)26(35)9-4-3-5-12-32-13-15-33(16-14-32)25-8-6-7-24(18-25)28(29,30)31/h6-8,10-11,17-20,36H,3-5,9,12-16H2,1-2H3. The van der Waals surface area contributed by atoms with E-state index in [1.54, 1.807) is 24.5 Å². The van der Waals surface area contributed by atoms with E-state index in [-0.39, 0.29) is 5.91 Å². The van der Waals surface area contributed by atoms with Gasteiger partial charge in [-0.05, 0) is 68.4 Å². The summed E-state index contributed by atoms with van der Waals surface area (Å²) in [5, 5.41) is 12.1. The monoisotopic (exact) mass is 501 g/mol. The van der Waals surface area contributed by atoms with Crippen LogP contribution in [0.3, 0.4) is 0 Å². The first-order valence-corrected chi connectivity index (χ1v) is 12.5. The third kappa shape index (κ3) is 6.48. The van der Waals surface area contributed by atoms with Crippen LogP contribution in [-0.4, -0.2) is 53.2 Å². The number of rotatable bonds is 8. The predicted octanol–water partition coefficient (Wildman–Crippen LogP) is 5.91. The van der Waals surface area contributed by atoms with E-state index in [9.17, 15) is 23.1 Å². The number of unbranched alkanes of at least 4 members (excludes halogenated alkanes) is 2. The maximum absolute atomic E-state index is 13.0. The molecule has 0 unspecified atom stereocenters. The quantitative estimate of drug-likeness (QED) is 0.390. The Bertz CT molecular complexity index is 1190. The molecule has 2 heterocycles. The fourth-order valence-electron chi connectivity index (χ4n) is 4.69. The van der Waals surface area contributed by atoms with Crippen LogP contribution in [0, 0.1) is 0 Å².